The monoisotopic (exact) mass is 362 g/mol. The van der Waals surface area contributed by atoms with Crippen LogP contribution in [0.5, 0.6) is 0 Å². The summed E-state index contributed by atoms with van der Waals surface area (Å²) in [5, 5.41) is 12.5. The SMILES string of the molecule is CC[C@H](C)c1ccc(C(=O)Cn2nnc(-c3ccc(C(C)C)cc3)n2)cc1. The van der Waals surface area contributed by atoms with Gasteiger partial charge in [0.1, 0.15) is 6.54 Å². The second-order valence-corrected chi connectivity index (χ2v) is 7.27. The zero-order valence-electron chi connectivity index (χ0n) is 16.4. The number of hydrogen-bond acceptors (Lipinski definition) is 4. The third-order valence-electron chi connectivity index (χ3n) is 4.99. The molecule has 0 fully saturated rings. The number of carbonyl (C=O) groups is 1. The number of benzene rings is 2. The Morgan fingerprint density at radius 1 is 0.963 bits per heavy atom. The summed E-state index contributed by atoms with van der Waals surface area (Å²) in [6.45, 7) is 8.74. The molecule has 2 aromatic carbocycles. The predicted molar refractivity (Wildman–Crippen MR) is 107 cm³/mol. The number of aromatic nitrogens is 4. The summed E-state index contributed by atoms with van der Waals surface area (Å²) in [5.41, 5.74) is 4.08. The molecule has 0 saturated heterocycles. The van der Waals surface area contributed by atoms with Gasteiger partial charge >= 0.3 is 0 Å². The average Bonchev–Trinajstić information content (AvgIpc) is 3.16. The van der Waals surface area contributed by atoms with Crippen molar-refractivity contribution in [3.05, 3.63) is 65.2 Å². The smallest absolute Gasteiger partial charge is 0.204 e. The number of hydrogen-bond donors (Lipinski definition) is 0. The van der Waals surface area contributed by atoms with Crippen molar-refractivity contribution in [1.29, 1.82) is 0 Å². The highest BCUT2D eigenvalue weighted by atomic mass is 16.1. The van der Waals surface area contributed by atoms with Crippen molar-refractivity contribution in [1.82, 2.24) is 20.2 Å². The molecule has 1 heterocycles. The van der Waals surface area contributed by atoms with Crippen LogP contribution in [0.25, 0.3) is 11.4 Å². The minimum absolute atomic E-state index is 0.0233. The Labute approximate surface area is 160 Å². The van der Waals surface area contributed by atoms with Crippen molar-refractivity contribution in [3.63, 3.8) is 0 Å². The Kier molecular flexibility index (Phi) is 5.79. The molecule has 0 saturated carbocycles. The second-order valence-electron chi connectivity index (χ2n) is 7.27. The summed E-state index contributed by atoms with van der Waals surface area (Å²) < 4.78 is 0. The van der Waals surface area contributed by atoms with Crippen LogP contribution in [0, 0.1) is 0 Å². The molecule has 0 spiro atoms. The maximum absolute atomic E-state index is 12.5. The normalized spacial score (nSPS) is 12.3. The van der Waals surface area contributed by atoms with Crippen LogP contribution in [0.15, 0.2) is 48.5 Å². The predicted octanol–water partition coefficient (Wildman–Crippen LogP) is 4.86. The molecule has 3 aromatic rings. The largest absolute Gasteiger partial charge is 0.292 e. The number of rotatable bonds is 7. The van der Waals surface area contributed by atoms with E-state index in [1.165, 1.54) is 15.9 Å². The molecule has 140 valence electrons. The Morgan fingerprint density at radius 2 is 1.59 bits per heavy atom. The van der Waals surface area contributed by atoms with E-state index in [-0.39, 0.29) is 12.3 Å². The first-order chi connectivity index (χ1) is 13.0. The van der Waals surface area contributed by atoms with Crippen LogP contribution in [0.2, 0.25) is 0 Å². The van der Waals surface area contributed by atoms with Crippen LogP contribution >= 0.6 is 0 Å². The van der Waals surface area contributed by atoms with Gasteiger partial charge in [0.25, 0.3) is 0 Å². The number of Topliss-reactive ketones (excluding diaryl/α,β-unsaturated/α-hetero) is 1. The maximum atomic E-state index is 12.5. The number of tetrazole rings is 1. The van der Waals surface area contributed by atoms with Crippen LogP contribution in [-0.4, -0.2) is 26.0 Å². The summed E-state index contributed by atoms with van der Waals surface area (Å²) in [5.74, 6) is 1.48. The highest BCUT2D eigenvalue weighted by Crippen LogP contribution is 2.20. The molecule has 1 aromatic heterocycles. The highest BCUT2D eigenvalue weighted by Gasteiger charge is 2.12. The van der Waals surface area contributed by atoms with Crippen molar-refractivity contribution >= 4 is 5.78 Å². The summed E-state index contributed by atoms with van der Waals surface area (Å²) in [6, 6.07) is 15.9. The third kappa shape index (κ3) is 4.48. The Balaban J connectivity index is 1.69. The molecule has 0 radical (unpaired) electrons. The van der Waals surface area contributed by atoms with E-state index in [0.29, 0.717) is 23.2 Å². The lowest BCUT2D eigenvalue weighted by molar-refractivity contribution is 0.0961. The summed E-state index contributed by atoms with van der Waals surface area (Å²) in [4.78, 5) is 13.9. The molecule has 0 amide bonds. The fraction of sp³-hybridized carbons (Fsp3) is 0.364. The Hall–Kier alpha value is -2.82. The molecule has 1 atom stereocenters. The topological polar surface area (TPSA) is 60.7 Å². The molecular weight excluding hydrogens is 336 g/mol. The first-order valence-electron chi connectivity index (χ1n) is 9.49. The van der Waals surface area contributed by atoms with Gasteiger partial charge in [-0.15, -0.1) is 10.2 Å². The fourth-order valence-electron chi connectivity index (χ4n) is 2.90. The van der Waals surface area contributed by atoms with E-state index in [2.05, 4.69) is 55.2 Å². The lowest BCUT2D eigenvalue weighted by Crippen LogP contribution is -2.13. The van der Waals surface area contributed by atoms with E-state index in [0.717, 1.165) is 12.0 Å². The lowest BCUT2D eigenvalue weighted by atomic mass is 9.97. The van der Waals surface area contributed by atoms with Crippen molar-refractivity contribution in [2.24, 2.45) is 0 Å². The van der Waals surface area contributed by atoms with E-state index in [4.69, 9.17) is 0 Å². The van der Waals surface area contributed by atoms with E-state index in [1.807, 2.05) is 36.4 Å². The lowest BCUT2D eigenvalue weighted by Gasteiger charge is -2.09. The molecule has 0 aliphatic heterocycles. The van der Waals surface area contributed by atoms with Gasteiger partial charge in [-0.3, -0.25) is 4.79 Å². The molecule has 0 unspecified atom stereocenters. The van der Waals surface area contributed by atoms with Gasteiger partial charge in [-0.25, -0.2) is 0 Å². The van der Waals surface area contributed by atoms with Gasteiger partial charge in [0.15, 0.2) is 5.78 Å². The summed E-state index contributed by atoms with van der Waals surface area (Å²) in [6.07, 6.45) is 1.08. The molecule has 0 aliphatic rings. The van der Waals surface area contributed by atoms with Crippen LogP contribution in [0.1, 0.15) is 67.4 Å². The van der Waals surface area contributed by atoms with E-state index >= 15 is 0 Å². The molecule has 5 nitrogen and oxygen atoms in total. The zero-order valence-corrected chi connectivity index (χ0v) is 16.4. The molecule has 5 heteroatoms. The first-order valence-corrected chi connectivity index (χ1v) is 9.49. The van der Waals surface area contributed by atoms with Crippen molar-refractivity contribution in [2.75, 3.05) is 0 Å². The van der Waals surface area contributed by atoms with Gasteiger partial charge in [0.05, 0.1) is 0 Å². The van der Waals surface area contributed by atoms with Crippen LogP contribution < -0.4 is 0 Å². The quantitative estimate of drug-likeness (QED) is 0.563. The van der Waals surface area contributed by atoms with Gasteiger partial charge in [0, 0.05) is 11.1 Å². The first kappa shape index (κ1) is 19.0. The molecule has 3 rings (SSSR count). The Bertz CT molecular complexity index is 895. The van der Waals surface area contributed by atoms with E-state index in [9.17, 15) is 4.79 Å². The Morgan fingerprint density at radius 3 is 2.19 bits per heavy atom. The number of carbonyl (C=O) groups excluding carboxylic acids is 1. The molecule has 0 aliphatic carbocycles. The summed E-state index contributed by atoms with van der Waals surface area (Å²) in [7, 11) is 0. The van der Waals surface area contributed by atoms with Crippen LogP contribution in [0.3, 0.4) is 0 Å². The molecule has 27 heavy (non-hydrogen) atoms. The van der Waals surface area contributed by atoms with Crippen molar-refractivity contribution in [3.8, 4) is 11.4 Å². The van der Waals surface area contributed by atoms with E-state index in [1.54, 1.807) is 0 Å². The second kappa shape index (κ2) is 8.25. The van der Waals surface area contributed by atoms with Gasteiger partial charge in [-0.05, 0) is 34.6 Å². The molecule has 0 N–H and O–H groups in total. The van der Waals surface area contributed by atoms with E-state index < -0.39 is 0 Å². The maximum Gasteiger partial charge on any atom is 0.204 e. The van der Waals surface area contributed by atoms with Crippen LogP contribution in [-0.2, 0) is 6.54 Å². The highest BCUT2D eigenvalue weighted by molar-refractivity contribution is 5.95. The van der Waals surface area contributed by atoms with Gasteiger partial charge in [-0.1, -0.05) is 76.2 Å². The molecular formula is C22H26N4O. The number of nitrogens with zero attached hydrogens (tertiary/aromatic N) is 4. The minimum atomic E-state index is -0.0233. The summed E-state index contributed by atoms with van der Waals surface area (Å²) >= 11 is 0. The third-order valence-corrected chi connectivity index (χ3v) is 4.99. The van der Waals surface area contributed by atoms with Gasteiger partial charge in [-0.2, -0.15) is 4.80 Å². The van der Waals surface area contributed by atoms with Crippen LogP contribution in [0.4, 0.5) is 0 Å². The zero-order chi connectivity index (χ0) is 19.4. The average molecular weight is 362 g/mol. The number of ketones is 1. The molecule has 0 bridgehead atoms. The fourth-order valence-corrected chi connectivity index (χ4v) is 2.90. The van der Waals surface area contributed by atoms with Crippen molar-refractivity contribution in [2.45, 2.75) is 52.5 Å². The van der Waals surface area contributed by atoms with Gasteiger partial charge < -0.3 is 0 Å². The van der Waals surface area contributed by atoms with Gasteiger partial charge in [0.2, 0.25) is 5.82 Å². The minimum Gasteiger partial charge on any atom is -0.292 e. The van der Waals surface area contributed by atoms with Crippen molar-refractivity contribution < 1.29 is 4.79 Å². The standard InChI is InChI=1S/C22H26N4O/c1-5-16(4)18-8-10-19(11-9-18)21(27)14-26-24-22(23-25-26)20-12-6-17(7-13-20)15(2)3/h6-13,15-16H,5,14H2,1-4H3/t16-/m0/s1.